The molecule has 3 aromatic rings. The van der Waals surface area contributed by atoms with Gasteiger partial charge >= 0.3 is 0 Å². The van der Waals surface area contributed by atoms with Gasteiger partial charge in [-0.3, -0.25) is 9.78 Å². The molecule has 10 heteroatoms. The summed E-state index contributed by atoms with van der Waals surface area (Å²) >= 11 is 6.15. The Morgan fingerprint density at radius 1 is 1.20 bits per heavy atom. The van der Waals surface area contributed by atoms with Gasteiger partial charge in [-0.15, -0.1) is 11.6 Å². The smallest absolute Gasteiger partial charge is 0.266 e. The van der Waals surface area contributed by atoms with Gasteiger partial charge in [-0.1, -0.05) is 50.5 Å². The van der Waals surface area contributed by atoms with Crippen molar-refractivity contribution in [1.29, 1.82) is 0 Å². The van der Waals surface area contributed by atoms with Crippen LogP contribution in [0.5, 0.6) is 5.75 Å². The fraction of sp³-hybridized carbons (Fsp3) is 0.250. The second-order valence-electron chi connectivity index (χ2n) is 5.58. The van der Waals surface area contributed by atoms with Crippen molar-refractivity contribution < 1.29 is 51.7 Å². The van der Waals surface area contributed by atoms with E-state index in [4.69, 9.17) is 16.3 Å². The average molecular weight is 514 g/mol. The quantitative estimate of drug-likeness (QED) is 0.497. The van der Waals surface area contributed by atoms with Crippen LogP contribution in [0.25, 0.3) is 5.69 Å². The van der Waals surface area contributed by atoms with Crippen molar-refractivity contribution in [2.24, 2.45) is 0 Å². The van der Waals surface area contributed by atoms with E-state index in [0.29, 0.717) is 17.4 Å². The molecule has 1 radical (unpaired) electrons. The van der Waals surface area contributed by atoms with Crippen LogP contribution < -0.4 is 10.3 Å². The summed E-state index contributed by atoms with van der Waals surface area (Å²) in [4.78, 5) is 20.2. The number of hydrogen-bond acceptors (Lipinski definition) is 4. The van der Waals surface area contributed by atoms with E-state index in [1.54, 1.807) is 25.3 Å². The van der Waals surface area contributed by atoms with Gasteiger partial charge in [-0.2, -0.15) is 0 Å². The van der Waals surface area contributed by atoms with Crippen LogP contribution in [0.1, 0.15) is 30.8 Å². The maximum Gasteiger partial charge on any atom is 0.266 e. The van der Waals surface area contributed by atoms with Crippen LogP contribution in [0.15, 0.2) is 35.4 Å². The predicted molar refractivity (Wildman–Crippen MR) is 107 cm³/mol. The van der Waals surface area contributed by atoms with Gasteiger partial charge in [-0.25, -0.2) is 8.78 Å². The first-order valence-electron chi connectivity index (χ1n) is 8.56. The maximum absolute atomic E-state index is 13.7. The maximum atomic E-state index is 13.7. The fourth-order valence-electron chi connectivity index (χ4n) is 2.43. The summed E-state index contributed by atoms with van der Waals surface area (Å²) in [5.74, 6) is -1.53. The minimum Gasteiger partial charge on any atom is -0.485 e. The minimum absolute atomic E-state index is 0. The van der Waals surface area contributed by atoms with Gasteiger partial charge in [-0.05, 0) is 6.92 Å². The van der Waals surface area contributed by atoms with Crippen molar-refractivity contribution in [1.82, 2.24) is 14.5 Å². The summed E-state index contributed by atoms with van der Waals surface area (Å²) in [7, 11) is 0. The number of rotatable bonds is 4. The number of halogens is 3. The largest absolute Gasteiger partial charge is 0.485 e. The van der Waals surface area contributed by atoms with Crippen LogP contribution in [0.4, 0.5) is 8.78 Å². The summed E-state index contributed by atoms with van der Waals surface area (Å²) in [5.41, 5.74) is 1.35. The van der Waals surface area contributed by atoms with Crippen molar-refractivity contribution in [3.05, 3.63) is 80.8 Å². The van der Waals surface area contributed by atoms with Crippen LogP contribution in [0, 0.1) is 31.7 Å². The van der Waals surface area contributed by atoms with E-state index in [1.807, 2.05) is 20.8 Å². The molecule has 0 atom stereocenters. The molecular weight excluding hydrogens is 493 g/mol. The molecule has 0 saturated carbocycles. The number of pyridine rings is 3. The summed E-state index contributed by atoms with van der Waals surface area (Å²) in [6, 6.07) is 3.85. The third kappa shape index (κ3) is 6.38. The van der Waals surface area contributed by atoms with E-state index >= 15 is 0 Å². The Labute approximate surface area is 203 Å². The first-order chi connectivity index (χ1) is 13.4. The molecule has 0 fully saturated rings. The first kappa shape index (κ1) is 28.3. The zero-order valence-corrected chi connectivity index (χ0v) is 20.6. The van der Waals surface area contributed by atoms with Gasteiger partial charge in [0.1, 0.15) is 28.9 Å². The molecule has 0 saturated heterocycles. The molecule has 0 bridgehead atoms. The Kier molecular flexibility index (Phi) is 12.1. The summed E-state index contributed by atoms with van der Waals surface area (Å²) < 4.78 is 33.4. The molecule has 3 rings (SSSR count). The third-order valence-corrected chi connectivity index (χ3v) is 4.08. The van der Waals surface area contributed by atoms with E-state index in [0.717, 1.165) is 11.8 Å². The number of aromatic nitrogens is 3. The van der Waals surface area contributed by atoms with Gasteiger partial charge in [0, 0.05) is 50.5 Å². The third-order valence-electron chi connectivity index (χ3n) is 3.73. The Bertz CT molecular complexity index is 1050. The van der Waals surface area contributed by atoms with Crippen LogP contribution in [0.3, 0.4) is 0 Å². The molecule has 3 heterocycles. The Morgan fingerprint density at radius 2 is 1.87 bits per heavy atom. The van der Waals surface area contributed by atoms with E-state index in [9.17, 15) is 13.6 Å². The zero-order valence-electron chi connectivity index (χ0n) is 17.0. The summed E-state index contributed by atoms with van der Waals surface area (Å²) in [6.07, 6.45) is 5.15. The Balaban J connectivity index is 0.00000204. The minimum atomic E-state index is -0.839. The molecule has 0 amide bonds. The van der Waals surface area contributed by atoms with Gasteiger partial charge in [0.15, 0.2) is 5.82 Å². The molecule has 0 unspecified atom stereocenters. The van der Waals surface area contributed by atoms with E-state index in [2.05, 4.69) is 16.2 Å². The molecule has 0 aromatic carbocycles. The normalized spacial score (nSPS) is 9.57. The molecular formula is C20H21ClF2N3O3Y-. The standard InChI is InChI=1S/C18H13ClF2N3O2.C2H6.H2O.Y/c1-10-7-22-4-3-15(10)24-11(2)5-16(17(19)18(24)25)26-9-14-13(21)6-12(20)8-23-14;1-2;;/h3,5-8H,9H2,1-2H3;1-2H3;1H2;/q-1;;;. The van der Waals surface area contributed by atoms with Crippen molar-refractivity contribution in [2.45, 2.75) is 34.3 Å². The summed E-state index contributed by atoms with van der Waals surface area (Å²) in [5, 5.41) is -0.158. The van der Waals surface area contributed by atoms with Gasteiger partial charge < -0.3 is 19.8 Å². The van der Waals surface area contributed by atoms with Crippen molar-refractivity contribution in [3.8, 4) is 11.4 Å². The number of ether oxygens (including phenoxy) is 1. The molecule has 0 aliphatic heterocycles. The zero-order chi connectivity index (χ0) is 20.8. The van der Waals surface area contributed by atoms with Crippen LogP contribution in [-0.2, 0) is 39.3 Å². The summed E-state index contributed by atoms with van der Waals surface area (Å²) in [6.45, 7) is 7.22. The average Bonchev–Trinajstić information content (AvgIpc) is 2.68. The van der Waals surface area contributed by atoms with Gasteiger partial charge in [0.05, 0.1) is 6.20 Å². The van der Waals surface area contributed by atoms with E-state index in [1.165, 1.54) is 4.57 Å². The predicted octanol–water partition coefficient (Wildman–Crippen LogP) is 3.75. The fourth-order valence-corrected chi connectivity index (χ4v) is 2.63. The van der Waals surface area contributed by atoms with Gasteiger partial charge in [0.2, 0.25) is 0 Å². The molecule has 0 aliphatic carbocycles. The van der Waals surface area contributed by atoms with Gasteiger partial charge in [0.25, 0.3) is 5.56 Å². The van der Waals surface area contributed by atoms with Crippen LogP contribution >= 0.6 is 11.6 Å². The number of nitrogens with zero attached hydrogens (tertiary/aromatic N) is 3. The molecule has 2 N–H and O–H groups in total. The van der Waals surface area contributed by atoms with E-state index in [-0.39, 0.29) is 61.3 Å². The molecule has 3 aromatic heterocycles. The monoisotopic (exact) mass is 513 g/mol. The van der Waals surface area contributed by atoms with E-state index < -0.39 is 17.2 Å². The van der Waals surface area contributed by atoms with Crippen LogP contribution in [0.2, 0.25) is 5.02 Å². The SMILES string of the molecule is CC.Cc1cn[c-]cc1-n1c(C)cc(OCc2ncc(F)cc2F)c(Cl)c1=O.O.[Y]. The van der Waals surface area contributed by atoms with Crippen molar-refractivity contribution in [2.75, 3.05) is 0 Å². The Morgan fingerprint density at radius 3 is 2.47 bits per heavy atom. The number of aryl methyl sites for hydroxylation is 2. The molecule has 0 aliphatic rings. The second kappa shape index (κ2) is 12.8. The van der Waals surface area contributed by atoms with Crippen molar-refractivity contribution >= 4 is 11.6 Å². The molecule has 159 valence electrons. The van der Waals surface area contributed by atoms with Crippen LogP contribution in [-0.4, -0.2) is 20.0 Å². The first-order valence-corrected chi connectivity index (χ1v) is 8.94. The molecule has 6 nitrogen and oxygen atoms in total. The van der Waals surface area contributed by atoms with Crippen molar-refractivity contribution in [3.63, 3.8) is 0 Å². The topological polar surface area (TPSA) is 88.5 Å². The second-order valence-corrected chi connectivity index (χ2v) is 5.95. The molecule has 30 heavy (non-hydrogen) atoms. The Hall–Kier alpha value is -1.74. The number of hydrogen-bond donors (Lipinski definition) is 0. The molecule has 0 spiro atoms.